The number of carbonyl (C=O) groups is 2. The smallest absolute Gasteiger partial charge is 0.256 e. The molecular formula is C19H28N4O3. The maximum absolute atomic E-state index is 12.8. The van der Waals surface area contributed by atoms with Crippen molar-refractivity contribution in [2.75, 3.05) is 32.1 Å². The molecule has 2 heterocycles. The van der Waals surface area contributed by atoms with E-state index in [0.717, 1.165) is 43.7 Å². The number of amides is 2. The zero-order valence-electron chi connectivity index (χ0n) is 15.3. The van der Waals surface area contributed by atoms with Crippen LogP contribution >= 0.6 is 0 Å². The molecule has 3 rings (SSSR count). The Morgan fingerprint density at radius 1 is 1.38 bits per heavy atom. The van der Waals surface area contributed by atoms with Crippen LogP contribution in [0, 0.1) is 0 Å². The molecule has 1 unspecified atom stereocenters. The summed E-state index contributed by atoms with van der Waals surface area (Å²) in [6.07, 6.45) is 3.11. The van der Waals surface area contributed by atoms with E-state index in [9.17, 15) is 9.59 Å². The minimum Gasteiger partial charge on any atom is -0.368 e. The second kappa shape index (κ2) is 8.16. The summed E-state index contributed by atoms with van der Waals surface area (Å²) in [7, 11) is 1.60. The molecule has 7 nitrogen and oxygen atoms in total. The first kappa shape index (κ1) is 18.8. The number of primary amides is 1. The van der Waals surface area contributed by atoms with Crippen LogP contribution in [-0.4, -0.2) is 55.1 Å². The number of ether oxygens (including phenoxy) is 1. The van der Waals surface area contributed by atoms with Crippen molar-refractivity contribution in [3.05, 3.63) is 29.8 Å². The van der Waals surface area contributed by atoms with Gasteiger partial charge in [0.1, 0.15) is 5.60 Å². The number of hydrogen-bond donors (Lipinski definition) is 3. The lowest BCUT2D eigenvalue weighted by molar-refractivity contribution is -0.140. The molecule has 1 aromatic carbocycles. The van der Waals surface area contributed by atoms with E-state index in [1.807, 2.05) is 24.3 Å². The predicted molar refractivity (Wildman–Crippen MR) is 99.5 cm³/mol. The number of benzene rings is 1. The van der Waals surface area contributed by atoms with E-state index in [1.54, 1.807) is 7.11 Å². The molecule has 0 saturated carbocycles. The Kier molecular flexibility index (Phi) is 5.90. The highest BCUT2D eigenvalue weighted by molar-refractivity contribution is 5.97. The van der Waals surface area contributed by atoms with Crippen LogP contribution in [0.25, 0.3) is 0 Å². The van der Waals surface area contributed by atoms with Crippen LogP contribution in [0.1, 0.15) is 31.2 Å². The normalized spacial score (nSPS) is 22.9. The summed E-state index contributed by atoms with van der Waals surface area (Å²) in [5.41, 5.74) is 6.52. The van der Waals surface area contributed by atoms with Crippen LogP contribution in [-0.2, 0) is 20.9 Å². The van der Waals surface area contributed by atoms with Crippen molar-refractivity contribution < 1.29 is 14.3 Å². The number of nitrogens with one attached hydrogen (secondary N) is 2. The molecule has 142 valence electrons. The minimum atomic E-state index is -0.771. The van der Waals surface area contributed by atoms with Gasteiger partial charge in [-0.1, -0.05) is 12.1 Å². The summed E-state index contributed by atoms with van der Waals surface area (Å²) in [5.74, 6) is -0.366. The summed E-state index contributed by atoms with van der Waals surface area (Å²) in [6, 6.07) is 7.56. The summed E-state index contributed by atoms with van der Waals surface area (Å²) < 4.78 is 5.58. The van der Waals surface area contributed by atoms with E-state index in [2.05, 4.69) is 15.5 Å². The Labute approximate surface area is 154 Å². The molecule has 0 radical (unpaired) electrons. The maximum atomic E-state index is 12.8. The Bertz CT molecular complexity index is 658. The van der Waals surface area contributed by atoms with E-state index in [-0.39, 0.29) is 17.9 Å². The Morgan fingerprint density at radius 3 is 2.85 bits per heavy atom. The second-order valence-corrected chi connectivity index (χ2v) is 7.13. The molecule has 2 fully saturated rings. The van der Waals surface area contributed by atoms with Gasteiger partial charge in [-0.15, -0.1) is 0 Å². The van der Waals surface area contributed by atoms with E-state index in [0.29, 0.717) is 19.4 Å². The van der Waals surface area contributed by atoms with Crippen LogP contribution in [0.2, 0.25) is 0 Å². The van der Waals surface area contributed by atoms with Crippen LogP contribution in [0.15, 0.2) is 24.3 Å². The topological polar surface area (TPSA) is 96.7 Å². The van der Waals surface area contributed by atoms with E-state index >= 15 is 0 Å². The first-order valence-electron chi connectivity index (χ1n) is 9.24. The quantitative estimate of drug-likeness (QED) is 0.699. The standard InChI is InChI=1S/C19H28N4O3/c1-26-19(7-9-21-10-8-19)18(25)22-15-5-2-4-14(12-15)13-23-11-3-6-16(23)17(20)24/h2,4-5,12,16,21H,3,6-11,13H2,1H3,(H2,20,24)(H,22,25). The molecule has 0 aliphatic carbocycles. The Balaban J connectivity index is 1.67. The molecule has 2 amide bonds. The van der Waals surface area contributed by atoms with Crippen LogP contribution in [0.4, 0.5) is 5.69 Å². The van der Waals surface area contributed by atoms with Crippen LogP contribution < -0.4 is 16.4 Å². The molecule has 4 N–H and O–H groups in total. The number of nitrogens with zero attached hydrogens (tertiary/aromatic N) is 1. The number of hydrogen-bond acceptors (Lipinski definition) is 5. The van der Waals surface area contributed by atoms with Gasteiger partial charge in [0.2, 0.25) is 5.91 Å². The lowest BCUT2D eigenvalue weighted by atomic mass is 9.91. The highest BCUT2D eigenvalue weighted by atomic mass is 16.5. The van der Waals surface area contributed by atoms with Gasteiger partial charge < -0.3 is 21.1 Å². The summed E-state index contributed by atoms with van der Waals surface area (Å²) >= 11 is 0. The van der Waals surface area contributed by atoms with Gasteiger partial charge in [-0.25, -0.2) is 0 Å². The number of piperidine rings is 1. The van der Waals surface area contributed by atoms with Crippen molar-refractivity contribution in [1.82, 2.24) is 10.2 Å². The largest absolute Gasteiger partial charge is 0.368 e. The highest BCUT2D eigenvalue weighted by Gasteiger charge is 2.39. The van der Waals surface area contributed by atoms with Crippen molar-refractivity contribution in [3.8, 4) is 0 Å². The van der Waals surface area contributed by atoms with Crippen molar-refractivity contribution in [3.63, 3.8) is 0 Å². The SMILES string of the molecule is COC1(C(=O)Nc2cccc(CN3CCCC3C(N)=O)c2)CCNCC1. The molecular weight excluding hydrogens is 332 g/mol. The van der Waals surface area contributed by atoms with Gasteiger partial charge in [0.15, 0.2) is 0 Å². The zero-order chi connectivity index (χ0) is 18.6. The number of methoxy groups -OCH3 is 1. The van der Waals surface area contributed by atoms with Gasteiger partial charge in [0, 0.05) is 19.3 Å². The number of rotatable bonds is 6. The predicted octanol–water partition coefficient (Wildman–Crippen LogP) is 0.843. The summed E-state index contributed by atoms with van der Waals surface area (Å²) in [4.78, 5) is 26.4. The Hall–Kier alpha value is -1.96. The fourth-order valence-corrected chi connectivity index (χ4v) is 3.92. The number of anilines is 1. The molecule has 2 saturated heterocycles. The van der Waals surface area contributed by atoms with E-state index < -0.39 is 5.60 Å². The number of carbonyl (C=O) groups excluding carboxylic acids is 2. The fourth-order valence-electron chi connectivity index (χ4n) is 3.92. The van der Waals surface area contributed by atoms with Crippen molar-refractivity contribution in [2.24, 2.45) is 5.73 Å². The molecule has 1 aromatic rings. The van der Waals surface area contributed by atoms with Crippen molar-refractivity contribution >= 4 is 17.5 Å². The molecule has 2 aliphatic rings. The van der Waals surface area contributed by atoms with Gasteiger partial charge in [-0.3, -0.25) is 14.5 Å². The third-order valence-corrected chi connectivity index (χ3v) is 5.48. The van der Waals surface area contributed by atoms with E-state index in [4.69, 9.17) is 10.5 Å². The average Bonchev–Trinajstić information content (AvgIpc) is 3.11. The molecule has 26 heavy (non-hydrogen) atoms. The van der Waals surface area contributed by atoms with Gasteiger partial charge in [-0.05, 0) is 63.0 Å². The van der Waals surface area contributed by atoms with Crippen LogP contribution in [0.3, 0.4) is 0 Å². The summed E-state index contributed by atoms with van der Waals surface area (Å²) in [6.45, 7) is 3.05. The number of nitrogens with two attached hydrogens (primary N) is 1. The Morgan fingerprint density at radius 2 is 2.15 bits per heavy atom. The lowest BCUT2D eigenvalue weighted by Crippen LogP contribution is -2.51. The number of likely N-dealkylation sites (tertiary alicyclic amines) is 1. The zero-order valence-corrected chi connectivity index (χ0v) is 15.3. The van der Waals surface area contributed by atoms with E-state index in [1.165, 1.54) is 0 Å². The van der Waals surface area contributed by atoms with Gasteiger partial charge in [0.05, 0.1) is 6.04 Å². The first-order chi connectivity index (χ1) is 12.5. The fraction of sp³-hybridized carbons (Fsp3) is 0.579. The van der Waals surface area contributed by atoms with Crippen LogP contribution in [0.5, 0.6) is 0 Å². The van der Waals surface area contributed by atoms with Crippen molar-refractivity contribution in [1.29, 1.82) is 0 Å². The van der Waals surface area contributed by atoms with Gasteiger partial charge in [0.25, 0.3) is 5.91 Å². The molecule has 7 heteroatoms. The highest BCUT2D eigenvalue weighted by Crippen LogP contribution is 2.25. The average molecular weight is 360 g/mol. The lowest BCUT2D eigenvalue weighted by Gasteiger charge is -2.34. The molecule has 0 bridgehead atoms. The molecule has 0 spiro atoms. The van der Waals surface area contributed by atoms with Gasteiger partial charge >= 0.3 is 0 Å². The third kappa shape index (κ3) is 4.06. The molecule has 0 aromatic heterocycles. The molecule has 1 atom stereocenters. The minimum absolute atomic E-state index is 0.102. The third-order valence-electron chi connectivity index (χ3n) is 5.48. The summed E-state index contributed by atoms with van der Waals surface area (Å²) in [5, 5.41) is 6.25. The monoisotopic (exact) mass is 360 g/mol. The first-order valence-corrected chi connectivity index (χ1v) is 9.24. The second-order valence-electron chi connectivity index (χ2n) is 7.13. The maximum Gasteiger partial charge on any atom is 0.256 e. The van der Waals surface area contributed by atoms with Gasteiger partial charge in [-0.2, -0.15) is 0 Å². The van der Waals surface area contributed by atoms with Crippen molar-refractivity contribution in [2.45, 2.75) is 43.9 Å². The molecule has 2 aliphatic heterocycles.